The molecule has 4 heteroatoms. The maximum atomic E-state index is 5.97. The van der Waals surface area contributed by atoms with Crippen LogP contribution in [-0.4, -0.2) is 67.8 Å². The van der Waals surface area contributed by atoms with Gasteiger partial charge in [-0.15, -0.1) is 0 Å². The van der Waals surface area contributed by atoms with E-state index in [9.17, 15) is 0 Å². The zero-order chi connectivity index (χ0) is 14.5. The predicted octanol–water partition coefficient (Wildman–Crippen LogP) is 1.18. The van der Waals surface area contributed by atoms with Crippen molar-refractivity contribution >= 4 is 0 Å². The van der Waals surface area contributed by atoms with Gasteiger partial charge in [-0.1, -0.05) is 30.3 Å². The fourth-order valence-corrected chi connectivity index (χ4v) is 3.01. The number of nitrogens with zero attached hydrogens (tertiary/aromatic N) is 2. The fraction of sp³-hybridized carbons (Fsp3) is 0.647. The summed E-state index contributed by atoms with van der Waals surface area (Å²) in [6, 6.07) is 10.8. The first-order valence-corrected chi connectivity index (χ1v) is 8.07. The van der Waals surface area contributed by atoms with E-state index in [4.69, 9.17) is 4.74 Å². The van der Waals surface area contributed by atoms with Crippen molar-refractivity contribution in [1.82, 2.24) is 15.1 Å². The van der Waals surface area contributed by atoms with Crippen LogP contribution < -0.4 is 5.32 Å². The molecular formula is C17H27N3O. The molecule has 0 amide bonds. The Morgan fingerprint density at radius 1 is 1.05 bits per heavy atom. The molecule has 2 fully saturated rings. The second-order valence-corrected chi connectivity index (χ2v) is 6.51. The molecule has 2 aliphatic rings. The molecule has 0 radical (unpaired) electrons. The summed E-state index contributed by atoms with van der Waals surface area (Å²) in [7, 11) is 0. The Balaban J connectivity index is 1.33. The van der Waals surface area contributed by atoms with Gasteiger partial charge in [0.05, 0.1) is 12.2 Å². The Morgan fingerprint density at radius 2 is 1.71 bits per heavy atom. The first-order chi connectivity index (χ1) is 10.2. The van der Waals surface area contributed by atoms with Crippen LogP contribution in [0.15, 0.2) is 30.3 Å². The zero-order valence-corrected chi connectivity index (χ0v) is 13.1. The van der Waals surface area contributed by atoms with E-state index in [2.05, 4.69) is 52.4 Å². The average molecular weight is 289 g/mol. The van der Waals surface area contributed by atoms with E-state index < -0.39 is 0 Å². The van der Waals surface area contributed by atoms with E-state index in [1.165, 1.54) is 5.56 Å². The Labute approximate surface area is 128 Å². The standard InChI is InChI=1S/C17H27N3O/c1-17(14-18-15-17)21-12-11-19-7-9-20(10-8-19)13-16-5-3-2-4-6-16/h2-6,18H,7-15H2,1H3. The van der Waals surface area contributed by atoms with Gasteiger partial charge in [0.15, 0.2) is 0 Å². The Morgan fingerprint density at radius 3 is 2.33 bits per heavy atom. The lowest BCUT2D eigenvalue weighted by Crippen LogP contribution is -2.59. The van der Waals surface area contributed by atoms with Crippen LogP contribution >= 0.6 is 0 Å². The van der Waals surface area contributed by atoms with E-state index in [1.54, 1.807) is 0 Å². The van der Waals surface area contributed by atoms with Crippen LogP contribution in [0.1, 0.15) is 12.5 Å². The molecule has 1 N–H and O–H groups in total. The second kappa shape index (κ2) is 6.88. The largest absolute Gasteiger partial charge is 0.371 e. The van der Waals surface area contributed by atoms with Crippen molar-refractivity contribution in [2.75, 3.05) is 52.4 Å². The third kappa shape index (κ3) is 4.27. The summed E-state index contributed by atoms with van der Waals surface area (Å²) in [5, 5.41) is 3.27. The Hall–Kier alpha value is -0.940. The normalized spacial score (nSPS) is 22.9. The molecular weight excluding hydrogens is 262 g/mol. The Kier molecular flexibility index (Phi) is 4.91. The molecule has 0 saturated carbocycles. The van der Waals surface area contributed by atoms with Gasteiger partial charge in [-0.05, 0) is 12.5 Å². The minimum atomic E-state index is 0.0924. The van der Waals surface area contributed by atoms with Gasteiger partial charge in [-0.25, -0.2) is 0 Å². The van der Waals surface area contributed by atoms with Crippen LogP contribution in [0.5, 0.6) is 0 Å². The smallest absolute Gasteiger partial charge is 0.0902 e. The number of rotatable bonds is 6. The molecule has 1 aromatic carbocycles. The molecule has 1 aromatic rings. The van der Waals surface area contributed by atoms with Crippen LogP contribution in [0, 0.1) is 0 Å². The molecule has 0 spiro atoms. The third-order valence-corrected chi connectivity index (χ3v) is 4.57. The number of hydrogen-bond donors (Lipinski definition) is 1. The highest BCUT2D eigenvalue weighted by molar-refractivity contribution is 5.14. The van der Waals surface area contributed by atoms with Crippen LogP contribution in [0.2, 0.25) is 0 Å². The monoisotopic (exact) mass is 289 g/mol. The minimum absolute atomic E-state index is 0.0924. The number of ether oxygens (including phenoxy) is 1. The van der Waals surface area contributed by atoms with Crippen molar-refractivity contribution in [1.29, 1.82) is 0 Å². The molecule has 0 unspecified atom stereocenters. The average Bonchev–Trinajstić information content (AvgIpc) is 2.48. The molecule has 116 valence electrons. The zero-order valence-electron chi connectivity index (χ0n) is 13.1. The van der Waals surface area contributed by atoms with E-state index in [0.717, 1.165) is 59.0 Å². The van der Waals surface area contributed by atoms with Crippen LogP contribution in [0.3, 0.4) is 0 Å². The summed E-state index contributed by atoms with van der Waals surface area (Å²) in [6.45, 7) is 11.8. The number of benzene rings is 1. The fourth-order valence-electron chi connectivity index (χ4n) is 3.01. The molecule has 3 rings (SSSR count). The summed E-state index contributed by atoms with van der Waals surface area (Å²) >= 11 is 0. The SMILES string of the molecule is CC1(OCCN2CCN(Cc3ccccc3)CC2)CNC1. The van der Waals surface area contributed by atoms with Crippen LogP contribution in [0.4, 0.5) is 0 Å². The van der Waals surface area contributed by atoms with Crippen molar-refractivity contribution in [3.8, 4) is 0 Å². The van der Waals surface area contributed by atoms with Crippen LogP contribution in [-0.2, 0) is 11.3 Å². The van der Waals surface area contributed by atoms with E-state index in [-0.39, 0.29) is 5.60 Å². The highest BCUT2D eigenvalue weighted by Gasteiger charge is 2.32. The van der Waals surface area contributed by atoms with E-state index in [0.29, 0.717) is 0 Å². The summed E-state index contributed by atoms with van der Waals surface area (Å²) in [5.74, 6) is 0. The van der Waals surface area contributed by atoms with Crippen molar-refractivity contribution in [3.05, 3.63) is 35.9 Å². The lowest BCUT2D eigenvalue weighted by molar-refractivity contribution is -0.0741. The molecule has 4 nitrogen and oxygen atoms in total. The molecule has 2 aliphatic heterocycles. The Bertz CT molecular complexity index is 425. The van der Waals surface area contributed by atoms with Crippen molar-refractivity contribution in [3.63, 3.8) is 0 Å². The summed E-state index contributed by atoms with van der Waals surface area (Å²) in [5.41, 5.74) is 1.51. The topological polar surface area (TPSA) is 27.7 Å². The quantitative estimate of drug-likeness (QED) is 0.851. The van der Waals surface area contributed by atoms with Crippen molar-refractivity contribution < 1.29 is 4.74 Å². The maximum absolute atomic E-state index is 5.97. The molecule has 21 heavy (non-hydrogen) atoms. The van der Waals surface area contributed by atoms with Gasteiger partial charge in [0.1, 0.15) is 0 Å². The lowest BCUT2D eigenvalue weighted by Gasteiger charge is -2.40. The van der Waals surface area contributed by atoms with Gasteiger partial charge in [0.2, 0.25) is 0 Å². The lowest BCUT2D eigenvalue weighted by atomic mass is 10.0. The number of hydrogen-bond acceptors (Lipinski definition) is 4. The predicted molar refractivity (Wildman–Crippen MR) is 85.4 cm³/mol. The highest BCUT2D eigenvalue weighted by atomic mass is 16.5. The molecule has 2 heterocycles. The first-order valence-electron chi connectivity index (χ1n) is 8.07. The second-order valence-electron chi connectivity index (χ2n) is 6.51. The van der Waals surface area contributed by atoms with Gasteiger partial charge in [0.25, 0.3) is 0 Å². The van der Waals surface area contributed by atoms with Gasteiger partial charge < -0.3 is 10.1 Å². The van der Waals surface area contributed by atoms with Crippen LogP contribution in [0.25, 0.3) is 0 Å². The van der Waals surface area contributed by atoms with Crippen molar-refractivity contribution in [2.45, 2.75) is 19.1 Å². The highest BCUT2D eigenvalue weighted by Crippen LogP contribution is 2.15. The summed E-state index contributed by atoms with van der Waals surface area (Å²) < 4.78 is 5.97. The molecule has 0 aliphatic carbocycles. The minimum Gasteiger partial charge on any atom is -0.371 e. The van der Waals surface area contributed by atoms with E-state index in [1.807, 2.05) is 0 Å². The number of piperazine rings is 1. The van der Waals surface area contributed by atoms with E-state index >= 15 is 0 Å². The summed E-state index contributed by atoms with van der Waals surface area (Å²) in [4.78, 5) is 5.07. The summed E-state index contributed by atoms with van der Waals surface area (Å²) in [6.07, 6.45) is 0. The first kappa shape index (κ1) is 15.0. The van der Waals surface area contributed by atoms with Gasteiger partial charge in [-0.2, -0.15) is 0 Å². The molecule has 0 bridgehead atoms. The molecule has 0 aromatic heterocycles. The molecule has 0 atom stereocenters. The van der Waals surface area contributed by atoms with Crippen molar-refractivity contribution in [2.24, 2.45) is 0 Å². The molecule has 2 saturated heterocycles. The third-order valence-electron chi connectivity index (χ3n) is 4.57. The van der Waals surface area contributed by atoms with Gasteiger partial charge >= 0.3 is 0 Å². The number of nitrogens with one attached hydrogen (secondary N) is 1. The maximum Gasteiger partial charge on any atom is 0.0902 e. The van der Waals surface area contributed by atoms with Gasteiger partial charge in [-0.3, -0.25) is 9.80 Å². The van der Waals surface area contributed by atoms with Gasteiger partial charge in [0, 0.05) is 52.4 Å².